The lowest BCUT2D eigenvalue weighted by atomic mass is 10.1. The smallest absolute Gasteiger partial charge is 0.343 e. The molecule has 0 amide bonds. The third-order valence-corrected chi connectivity index (χ3v) is 4.78. The first kappa shape index (κ1) is 28.0. The van der Waals surface area contributed by atoms with Crippen molar-refractivity contribution < 1.29 is 33.3 Å². The number of hydrogen-bond donors (Lipinski definition) is 0. The van der Waals surface area contributed by atoms with Crippen LogP contribution in [-0.4, -0.2) is 38.5 Å². The second-order valence-corrected chi connectivity index (χ2v) is 7.66. The second-order valence-electron chi connectivity index (χ2n) is 7.66. The maximum atomic E-state index is 12.4. The van der Waals surface area contributed by atoms with Crippen LogP contribution in [0.2, 0.25) is 0 Å². The number of methoxy groups -OCH3 is 1. The van der Waals surface area contributed by atoms with Gasteiger partial charge in [-0.2, -0.15) is 0 Å². The molecule has 3 rings (SSSR count). The Kier molecular flexibility index (Phi) is 11.6. The summed E-state index contributed by atoms with van der Waals surface area (Å²) in [6.07, 6.45) is 2.62. The van der Waals surface area contributed by atoms with Crippen molar-refractivity contribution in [2.24, 2.45) is 0 Å². The minimum atomic E-state index is -0.499. The molecule has 3 aromatic carbocycles. The van der Waals surface area contributed by atoms with E-state index in [2.05, 4.69) is 6.58 Å². The van der Waals surface area contributed by atoms with Crippen molar-refractivity contribution in [2.75, 3.05) is 20.3 Å². The fraction of sp³-hybridized carbons (Fsp3) is 0.207. The van der Waals surface area contributed by atoms with Gasteiger partial charge in [0.05, 0.1) is 17.7 Å². The van der Waals surface area contributed by atoms with Crippen LogP contribution in [0.4, 0.5) is 0 Å². The molecule has 7 heteroatoms. The average molecular weight is 491 g/mol. The lowest BCUT2D eigenvalue weighted by molar-refractivity contribution is -0.104. The predicted molar refractivity (Wildman–Crippen MR) is 137 cm³/mol. The molecule has 188 valence electrons. The highest BCUT2D eigenvalue weighted by molar-refractivity contribution is 5.92. The van der Waals surface area contributed by atoms with Crippen LogP contribution in [0, 0.1) is 13.8 Å². The fourth-order valence-corrected chi connectivity index (χ4v) is 2.98. The van der Waals surface area contributed by atoms with Crippen molar-refractivity contribution in [2.45, 2.75) is 20.3 Å². The number of esters is 2. The monoisotopic (exact) mass is 490 g/mol. The summed E-state index contributed by atoms with van der Waals surface area (Å²) in [6, 6.07) is 18.6. The van der Waals surface area contributed by atoms with Crippen LogP contribution < -0.4 is 14.2 Å². The van der Waals surface area contributed by atoms with Crippen molar-refractivity contribution in [3.8, 4) is 17.2 Å². The standard InChI is InChI=1S/C26H26O6.C3H4O/c1-18-5-14-24(19(2)17-18)32-26(28)21-8-12-23(13-9-21)31-25(27)20-6-10-22(11-7-20)30-16-4-15-29-3;1-2-3-4/h5-14,17H,4,15-16H2,1-3H3;2-3H,1H2. The summed E-state index contributed by atoms with van der Waals surface area (Å²) in [6.45, 7) is 8.14. The zero-order valence-corrected chi connectivity index (χ0v) is 20.7. The van der Waals surface area contributed by atoms with Gasteiger partial charge in [-0.05, 0) is 80.1 Å². The van der Waals surface area contributed by atoms with Crippen molar-refractivity contribution in [1.82, 2.24) is 0 Å². The Bertz CT molecular complexity index is 1140. The molecule has 0 atom stereocenters. The third-order valence-electron chi connectivity index (χ3n) is 4.78. The van der Waals surface area contributed by atoms with Crippen molar-refractivity contribution in [1.29, 1.82) is 0 Å². The number of carbonyl (C=O) groups is 3. The van der Waals surface area contributed by atoms with E-state index in [4.69, 9.17) is 23.7 Å². The van der Waals surface area contributed by atoms with Crippen molar-refractivity contribution >= 4 is 18.2 Å². The molecule has 0 aliphatic heterocycles. The first-order chi connectivity index (χ1) is 17.4. The second kappa shape index (κ2) is 14.9. The number of aldehydes is 1. The molecule has 0 bridgehead atoms. The van der Waals surface area contributed by atoms with Gasteiger partial charge >= 0.3 is 11.9 Å². The Morgan fingerprint density at radius 3 is 1.89 bits per heavy atom. The SMILES string of the molecule is C=CC=O.COCCCOc1ccc(C(=O)Oc2ccc(C(=O)Oc3ccc(C)cc3C)cc2)cc1. The summed E-state index contributed by atoms with van der Waals surface area (Å²) in [4.78, 5) is 33.8. The van der Waals surface area contributed by atoms with Crippen LogP contribution in [0.5, 0.6) is 17.2 Å². The molecule has 0 radical (unpaired) electrons. The fourth-order valence-electron chi connectivity index (χ4n) is 2.98. The van der Waals surface area contributed by atoms with E-state index >= 15 is 0 Å². The summed E-state index contributed by atoms with van der Waals surface area (Å²) in [7, 11) is 1.64. The number of rotatable bonds is 10. The molecule has 0 aliphatic carbocycles. The Labute approximate surface area is 211 Å². The van der Waals surface area contributed by atoms with Gasteiger partial charge in [-0.15, -0.1) is 0 Å². The van der Waals surface area contributed by atoms with E-state index in [1.807, 2.05) is 26.0 Å². The van der Waals surface area contributed by atoms with Gasteiger partial charge in [0, 0.05) is 20.1 Å². The Morgan fingerprint density at radius 1 is 0.806 bits per heavy atom. The lowest BCUT2D eigenvalue weighted by Gasteiger charge is -2.09. The minimum absolute atomic E-state index is 0.331. The number of hydrogen-bond acceptors (Lipinski definition) is 7. The zero-order valence-electron chi connectivity index (χ0n) is 20.7. The maximum absolute atomic E-state index is 12.4. The van der Waals surface area contributed by atoms with Crippen LogP contribution in [0.1, 0.15) is 38.3 Å². The van der Waals surface area contributed by atoms with Crippen LogP contribution in [0.15, 0.2) is 79.4 Å². The molecule has 3 aromatic rings. The van der Waals surface area contributed by atoms with Gasteiger partial charge in [0.1, 0.15) is 23.5 Å². The molecule has 0 heterocycles. The predicted octanol–water partition coefficient (Wildman–Crippen LogP) is 5.53. The molecule has 0 spiro atoms. The zero-order chi connectivity index (χ0) is 26.3. The molecule has 0 saturated heterocycles. The summed E-state index contributed by atoms with van der Waals surface area (Å²) < 4.78 is 21.4. The highest BCUT2D eigenvalue weighted by Gasteiger charge is 2.13. The van der Waals surface area contributed by atoms with Crippen LogP contribution >= 0.6 is 0 Å². The van der Waals surface area contributed by atoms with E-state index in [0.717, 1.165) is 17.5 Å². The van der Waals surface area contributed by atoms with E-state index in [-0.39, 0.29) is 0 Å². The average Bonchev–Trinajstić information content (AvgIpc) is 2.89. The minimum Gasteiger partial charge on any atom is -0.494 e. The summed E-state index contributed by atoms with van der Waals surface area (Å²) in [5.41, 5.74) is 2.74. The molecule has 0 N–H and O–H groups in total. The topological polar surface area (TPSA) is 88.1 Å². The highest BCUT2D eigenvalue weighted by Crippen LogP contribution is 2.21. The van der Waals surface area contributed by atoms with E-state index in [9.17, 15) is 9.59 Å². The maximum Gasteiger partial charge on any atom is 0.343 e. The number of allylic oxidation sites excluding steroid dienone is 1. The molecule has 0 unspecified atom stereocenters. The van der Waals surface area contributed by atoms with Gasteiger partial charge in [0.15, 0.2) is 0 Å². The Morgan fingerprint density at radius 2 is 1.36 bits per heavy atom. The third kappa shape index (κ3) is 9.19. The van der Waals surface area contributed by atoms with E-state index in [1.54, 1.807) is 61.7 Å². The quantitative estimate of drug-likeness (QED) is 0.121. The van der Waals surface area contributed by atoms with Gasteiger partial charge in [-0.3, -0.25) is 4.79 Å². The number of benzene rings is 3. The normalized spacial score (nSPS) is 9.86. The van der Waals surface area contributed by atoms with Gasteiger partial charge in [0.25, 0.3) is 0 Å². The molecule has 0 aliphatic rings. The number of carbonyl (C=O) groups excluding carboxylic acids is 3. The van der Waals surface area contributed by atoms with E-state index < -0.39 is 11.9 Å². The Balaban J connectivity index is 0.00000106. The van der Waals surface area contributed by atoms with E-state index in [0.29, 0.717) is 47.9 Å². The molecule has 0 aromatic heterocycles. The van der Waals surface area contributed by atoms with Crippen LogP contribution in [0.3, 0.4) is 0 Å². The molecular formula is C29H30O7. The Hall–Kier alpha value is -4.23. The van der Waals surface area contributed by atoms with E-state index in [1.165, 1.54) is 6.08 Å². The van der Waals surface area contributed by atoms with Gasteiger partial charge in [0.2, 0.25) is 0 Å². The molecule has 36 heavy (non-hydrogen) atoms. The highest BCUT2D eigenvalue weighted by atomic mass is 16.5. The largest absolute Gasteiger partial charge is 0.494 e. The first-order valence-electron chi connectivity index (χ1n) is 11.3. The summed E-state index contributed by atoms with van der Waals surface area (Å²) in [5.74, 6) is 0.543. The summed E-state index contributed by atoms with van der Waals surface area (Å²) in [5, 5.41) is 0. The molecule has 7 nitrogen and oxygen atoms in total. The van der Waals surface area contributed by atoms with Crippen molar-refractivity contribution in [3.05, 3.63) is 102 Å². The molecule has 0 fully saturated rings. The lowest BCUT2D eigenvalue weighted by Crippen LogP contribution is -2.11. The molecular weight excluding hydrogens is 460 g/mol. The number of ether oxygens (including phenoxy) is 4. The van der Waals surface area contributed by atoms with Gasteiger partial charge < -0.3 is 18.9 Å². The van der Waals surface area contributed by atoms with Gasteiger partial charge in [-0.25, -0.2) is 9.59 Å². The number of aryl methyl sites for hydroxylation is 2. The molecule has 0 saturated carbocycles. The van der Waals surface area contributed by atoms with Crippen LogP contribution in [-0.2, 0) is 9.53 Å². The van der Waals surface area contributed by atoms with Gasteiger partial charge in [-0.1, -0.05) is 24.3 Å². The summed E-state index contributed by atoms with van der Waals surface area (Å²) >= 11 is 0. The van der Waals surface area contributed by atoms with Crippen LogP contribution in [0.25, 0.3) is 0 Å². The first-order valence-corrected chi connectivity index (χ1v) is 11.3. The van der Waals surface area contributed by atoms with Crippen molar-refractivity contribution in [3.63, 3.8) is 0 Å².